The summed E-state index contributed by atoms with van der Waals surface area (Å²) in [5, 5.41) is 0. The minimum absolute atomic E-state index is 0.159. The Morgan fingerprint density at radius 1 is 1.36 bits per heavy atom. The molecule has 0 aliphatic heterocycles. The number of fused-ring (bicyclic) bond motifs is 1. The van der Waals surface area contributed by atoms with Crippen molar-refractivity contribution in [3.63, 3.8) is 0 Å². The number of ketones is 1. The standard InChI is InChI=1S/C10H10O/c1-6-9-4-3-8(7(2)11)5-10(6)9/h3-6H,1-2H3. The molecule has 0 saturated heterocycles. The molecule has 0 amide bonds. The monoisotopic (exact) mass is 146 g/mol. The summed E-state index contributed by atoms with van der Waals surface area (Å²) < 4.78 is 0. The van der Waals surface area contributed by atoms with Crippen molar-refractivity contribution in [2.24, 2.45) is 0 Å². The van der Waals surface area contributed by atoms with E-state index in [0.29, 0.717) is 5.92 Å². The lowest BCUT2D eigenvalue weighted by molar-refractivity contribution is 0.101. The van der Waals surface area contributed by atoms with Crippen molar-refractivity contribution >= 4 is 5.78 Å². The molecule has 0 radical (unpaired) electrons. The minimum Gasteiger partial charge on any atom is -0.295 e. The Balaban J connectivity index is 2.44. The predicted octanol–water partition coefficient (Wildman–Crippen LogP) is 2.35. The maximum Gasteiger partial charge on any atom is 0.159 e. The van der Waals surface area contributed by atoms with Crippen LogP contribution in [0.1, 0.15) is 41.3 Å². The molecule has 56 valence electrons. The summed E-state index contributed by atoms with van der Waals surface area (Å²) in [5.41, 5.74) is 3.58. The van der Waals surface area contributed by atoms with Gasteiger partial charge in [0.05, 0.1) is 0 Å². The third kappa shape index (κ3) is 0.881. The number of Topliss-reactive ketones (excluding diaryl/α,β-unsaturated/α-hetero) is 1. The van der Waals surface area contributed by atoms with Crippen molar-refractivity contribution in [3.05, 3.63) is 34.9 Å². The van der Waals surface area contributed by atoms with Crippen LogP contribution in [0.15, 0.2) is 18.2 Å². The van der Waals surface area contributed by atoms with Crippen LogP contribution in [0.25, 0.3) is 0 Å². The summed E-state index contributed by atoms with van der Waals surface area (Å²) in [7, 11) is 0. The summed E-state index contributed by atoms with van der Waals surface area (Å²) in [6, 6.07) is 5.96. The predicted molar refractivity (Wildman–Crippen MR) is 44.0 cm³/mol. The molecule has 0 N–H and O–H groups in total. The van der Waals surface area contributed by atoms with E-state index in [0.717, 1.165) is 5.56 Å². The highest BCUT2D eigenvalue weighted by Crippen LogP contribution is 2.42. The van der Waals surface area contributed by atoms with E-state index in [-0.39, 0.29) is 5.78 Å². The van der Waals surface area contributed by atoms with E-state index < -0.39 is 0 Å². The van der Waals surface area contributed by atoms with Gasteiger partial charge in [0, 0.05) is 11.5 Å². The second-order valence-electron chi connectivity index (χ2n) is 3.12. The Bertz CT molecular complexity index is 326. The zero-order chi connectivity index (χ0) is 8.01. The van der Waals surface area contributed by atoms with Gasteiger partial charge in [0.15, 0.2) is 5.78 Å². The Hall–Kier alpha value is -1.11. The van der Waals surface area contributed by atoms with Crippen LogP contribution in [-0.4, -0.2) is 5.78 Å². The second kappa shape index (κ2) is 1.94. The Labute approximate surface area is 66.0 Å². The van der Waals surface area contributed by atoms with Gasteiger partial charge in [0.2, 0.25) is 0 Å². The van der Waals surface area contributed by atoms with E-state index in [2.05, 4.69) is 13.0 Å². The molecule has 11 heavy (non-hydrogen) atoms. The summed E-state index contributed by atoms with van der Waals surface area (Å²) >= 11 is 0. The highest BCUT2D eigenvalue weighted by molar-refractivity contribution is 5.94. The van der Waals surface area contributed by atoms with Crippen LogP contribution in [0.3, 0.4) is 0 Å². The van der Waals surface area contributed by atoms with E-state index in [1.807, 2.05) is 12.1 Å². The molecule has 0 saturated carbocycles. The van der Waals surface area contributed by atoms with Gasteiger partial charge < -0.3 is 0 Å². The van der Waals surface area contributed by atoms with Crippen LogP contribution in [0, 0.1) is 0 Å². The maximum atomic E-state index is 10.9. The van der Waals surface area contributed by atoms with Gasteiger partial charge in [-0.15, -0.1) is 0 Å². The highest BCUT2D eigenvalue weighted by Gasteiger charge is 2.27. The zero-order valence-electron chi connectivity index (χ0n) is 6.72. The van der Waals surface area contributed by atoms with Crippen molar-refractivity contribution in [2.45, 2.75) is 19.8 Å². The van der Waals surface area contributed by atoms with Gasteiger partial charge in [-0.25, -0.2) is 0 Å². The van der Waals surface area contributed by atoms with Crippen LogP contribution >= 0.6 is 0 Å². The van der Waals surface area contributed by atoms with Gasteiger partial charge >= 0.3 is 0 Å². The van der Waals surface area contributed by atoms with Gasteiger partial charge in [-0.1, -0.05) is 19.1 Å². The number of hydrogen-bond donors (Lipinski definition) is 0. The molecule has 1 unspecified atom stereocenters. The molecule has 0 heterocycles. The molecule has 1 aromatic rings. The Kier molecular flexibility index (Phi) is 1.16. The van der Waals surface area contributed by atoms with Crippen molar-refractivity contribution in [3.8, 4) is 0 Å². The fourth-order valence-corrected chi connectivity index (χ4v) is 1.44. The lowest BCUT2D eigenvalue weighted by Crippen LogP contribution is -1.88. The van der Waals surface area contributed by atoms with Gasteiger partial charge in [-0.2, -0.15) is 0 Å². The van der Waals surface area contributed by atoms with Gasteiger partial charge in [0.25, 0.3) is 0 Å². The van der Waals surface area contributed by atoms with Crippen LogP contribution in [0.2, 0.25) is 0 Å². The van der Waals surface area contributed by atoms with E-state index in [4.69, 9.17) is 0 Å². The number of benzene rings is 1. The van der Waals surface area contributed by atoms with Gasteiger partial charge in [-0.3, -0.25) is 4.79 Å². The molecule has 0 spiro atoms. The van der Waals surface area contributed by atoms with Crippen molar-refractivity contribution in [1.29, 1.82) is 0 Å². The molecular formula is C10H10O. The normalized spacial score (nSPS) is 19.3. The first-order chi connectivity index (χ1) is 5.20. The van der Waals surface area contributed by atoms with Crippen LogP contribution in [0.5, 0.6) is 0 Å². The van der Waals surface area contributed by atoms with E-state index in [9.17, 15) is 4.79 Å². The average molecular weight is 146 g/mol. The third-order valence-electron chi connectivity index (χ3n) is 2.34. The first-order valence-corrected chi connectivity index (χ1v) is 3.85. The largest absolute Gasteiger partial charge is 0.295 e. The van der Waals surface area contributed by atoms with E-state index >= 15 is 0 Å². The van der Waals surface area contributed by atoms with Crippen LogP contribution < -0.4 is 0 Å². The highest BCUT2D eigenvalue weighted by atomic mass is 16.1. The zero-order valence-corrected chi connectivity index (χ0v) is 6.72. The SMILES string of the molecule is CC(=O)c1ccc2c(c1)C2C. The maximum absolute atomic E-state index is 10.9. The fourth-order valence-electron chi connectivity index (χ4n) is 1.44. The summed E-state index contributed by atoms with van der Waals surface area (Å²) in [6.07, 6.45) is 0. The van der Waals surface area contributed by atoms with Crippen molar-refractivity contribution in [1.82, 2.24) is 0 Å². The third-order valence-corrected chi connectivity index (χ3v) is 2.34. The number of hydrogen-bond acceptors (Lipinski definition) is 1. The Morgan fingerprint density at radius 2 is 2.09 bits per heavy atom. The molecule has 1 nitrogen and oxygen atoms in total. The summed E-state index contributed by atoms with van der Waals surface area (Å²) in [4.78, 5) is 10.9. The average Bonchev–Trinajstić information content (AvgIpc) is 2.62. The van der Waals surface area contributed by atoms with E-state index in [1.54, 1.807) is 6.92 Å². The molecule has 1 atom stereocenters. The summed E-state index contributed by atoms with van der Waals surface area (Å²) in [5.74, 6) is 0.759. The topological polar surface area (TPSA) is 17.1 Å². The molecule has 2 rings (SSSR count). The molecule has 0 fully saturated rings. The first kappa shape index (κ1) is 6.59. The lowest BCUT2D eigenvalue weighted by atomic mass is 10.2. The Morgan fingerprint density at radius 3 is 2.64 bits per heavy atom. The minimum atomic E-state index is 0.159. The number of carbonyl (C=O) groups is 1. The molecule has 0 aromatic heterocycles. The van der Waals surface area contributed by atoms with E-state index in [1.165, 1.54) is 11.1 Å². The molecule has 1 aliphatic carbocycles. The van der Waals surface area contributed by atoms with Crippen molar-refractivity contribution in [2.75, 3.05) is 0 Å². The molecule has 1 aromatic carbocycles. The number of carbonyl (C=O) groups excluding carboxylic acids is 1. The lowest BCUT2D eigenvalue weighted by Gasteiger charge is -1.89. The first-order valence-electron chi connectivity index (χ1n) is 3.85. The van der Waals surface area contributed by atoms with Crippen LogP contribution in [-0.2, 0) is 0 Å². The smallest absolute Gasteiger partial charge is 0.159 e. The fraction of sp³-hybridized carbons (Fsp3) is 0.300. The second-order valence-corrected chi connectivity index (χ2v) is 3.12. The van der Waals surface area contributed by atoms with Gasteiger partial charge in [0.1, 0.15) is 0 Å². The van der Waals surface area contributed by atoms with Gasteiger partial charge in [-0.05, 0) is 24.1 Å². The van der Waals surface area contributed by atoms with Crippen molar-refractivity contribution < 1.29 is 4.79 Å². The number of rotatable bonds is 1. The molecule has 1 aliphatic rings. The quantitative estimate of drug-likeness (QED) is 0.556. The summed E-state index contributed by atoms with van der Waals surface area (Å²) in [6.45, 7) is 3.77. The molecular weight excluding hydrogens is 136 g/mol. The molecule has 0 bridgehead atoms. The van der Waals surface area contributed by atoms with Crippen LogP contribution in [0.4, 0.5) is 0 Å². The molecule has 1 heteroatoms.